The molecule has 0 aliphatic carbocycles. The van der Waals surface area contributed by atoms with Crippen LogP contribution in [-0.2, 0) is 6.42 Å². The van der Waals surface area contributed by atoms with Gasteiger partial charge in [-0.05, 0) is 43.5 Å². The maximum atomic E-state index is 6.33. The number of hydrogen-bond acceptors (Lipinski definition) is 3. The van der Waals surface area contributed by atoms with Crippen molar-refractivity contribution in [2.45, 2.75) is 31.7 Å². The Morgan fingerprint density at radius 2 is 2.32 bits per heavy atom. The first-order valence-electron chi connectivity index (χ1n) is 6.70. The molecule has 4 nitrogen and oxygen atoms in total. The normalized spacial score (nSPS) is 19.5. The van der Waals surface area contributed by atoms with E-state index in [9.17, 15) is 0 Å². The summed E-state index contributed by atoms with van der Waals surface area (Å²) < 4.78 is 1.69. The van der Waals surface area contributed by atoms with Crippen molar-refractivity contribution in [3.05, 3.63) is 41.4 Å². The van der Waals surface area contributed by atoms with Crippen molar-refractivity contribution in [1.29, 1.82) is 0 Å². The first-order valence-corrected chi connectivity index (χ1v) is 7.07. The summed E-state index contributed by atoms with van der Waals surface area (Å²) in [7, 11) is 0. The van der Waals surface area contributed by atoms with Crippen LogP contribution in [0, 0.1) is 0 Å². The van der Waals surface area contributed by atoms with Crippen LogP contribution in [0.1, 0.15) is 24.8 Å². The van der Waals surface area contributed by atoms with E-state index in [-0.39, 0.29) is 0 Å². The predicted octanol–water partition coefficient (Wildman–Crippen LogP) is 2.61. The molecule has 19 heavy (non-hydrogen) atoms. The minimum Gasteiger partial charge on any atom is -0.314 e. The minimum atomic E-state index is 0.585. The van der Waals surface area contributed by atoms with Crippen LogP contribution in [0.5, 0.6) is 0 Å². The Kier molecular flexibility index (Phi) is 3.80. The van der Waals surface area contributed by atoms with Gasteiger partial charge in [0.1, 0.15) is 12.7 Å². The van der Waals surface area contributed by atoms with Crippen LogP contribution >= 0.6 is 11.6 Å². The molecule has 0 amide bonds. The van der Waals surface area contributed by atoms with Gasteiger partial charge in [0.15, 0.2) is 0 Å². The molecule has 0 spiro atoms. The molecule has 1 atom stereocenters. The Labute approximate surface area is 117 Å². The van der Waals surface area contributed by atoms with Crippen molar-refractivity contribution in [1.82, 2.24) is 20.1 Å². The fourth-order valence-corrected chi connectivity index (χ4v) is 2.87. The van der Waals surface area contributed by atoms with Crippen molar-refractivity contribution in [3.8, 4) is 5.69 Å². The Bertz CT molecular complexity index is 532. The van der Waals surface area contributed by atoms with Gasteiger partial charge in [0.05, 0.1) is 10.7 Å². The number of aromatic nitrogens is 3. The van der Waals surface area contributed by atoms with Gasteiger partial charge in [-0.25, -0.2) is 9.67 Å². The van der Waals surface area contributed by atoms with E-state index in [0.717, 1.165) is 23.7 Å². The molecule has 1 aromatic heterocycles. The molecule has 1 aromatic carbocycles. The van der Waals surface area contributed by atoms with Crippen LogP contribution in [0.4, 0.5) is 0 Å². The second kappa shape index (κ2) is 5.72. The van der Waals surface area contributed by atoms with E-state index in [1.54, 1.807) is 11.0 Å². The van der Waals surface area contributed by atoms with Gasteiger partial charge in [0, 0.05) is 6.04 Å². The van der Waals surface area contributed by atoms with Gasteiger partial charge in [-0.15, -0.1) is 0 Å². The summed E-state index contributed by atoms with van der Waals surface area (Å²) in [4.78, 5) is 3.94. The molecule has 1 saturated heterocycles. The minimum absolute atomic E-state index is 0.585. The van der Waals surface area contributed by atoms with Crippen molar-refractivity contribution in [2.24, 2.45) is 0 Å². The maximum Gasteiger partial charge on any atom is 0.138 e. The van der Waals surface area contributed by atoms with E-state index in [4.69, 9.17) is 11.6 Å². The van der Waals surface area contributed by atoms with E-state index < -0.39 is 0 Å². The van der Waals surface area contributed by atoms with E-state index in [1.165, 1.54) is 31.2 Å². The largest absolute Gasteiger partial charge is 0.314 e. The van der Waals surface area contributed by atoms with Crippen molar-refractivity contribution in [2.75, 3.05) is 6.54 Å². The lowest BCUT2D eigenvalue weighted by molar-refractivity contribution is 0.399. The molecule has 1 aliphatic rings. The smallest absolute Gasteiger partial charge is 0.138 e. The summed E-state index contributed by atoms with van der Waals surface area (Å²) in [6.45, 7) is 1.13. The van der Waals surface area contributed by atoms with Gasteiger partial charge >= 0.3 is 0 Å². The molecule has 0 radical (unpaired) electrons. The van der Waals surface area contributed by atoms with Crippen LogP contribution in [0.3, 0.4) is 0 Å². The molecule has 1 aliphatic heterocycles. The highest BCUT2D eigenvalue weighted by molar-refractivity contribution is 6.32. The van der Waals surface area contributed by atoms with Gasteiger partial charge in [-0.3, -0.25) is 0 Å². The zero-order valence-corrected chi connectivity index (χ0v) is 11.5. The molecular formula is C14H17ClN4. The van der Waals surface area contributed by atoms with Crippen LogP contribution < -0.4 is 5.32 Å². The van der Waals surface area contributed by atoms with E-state index >= 15 is 0 Å². The Morgan fingerprint density at radius 1 is 1.37 bits per heavy atom. The highest BCUT2D eigenvalue weighted by Crippen LogP contribution is 2.22. The summed E-state index contributed by atoms with van der Waals surface area (Å²) in [5.74, 6) is 0. The number of benzene rings is 1. The lowest BCUT2D eigenvalue weighted by atomic mass is 9.98. The summed E-state index contributed by atoms with van der Waals surface area (Å²) >= 11 is 6.33. The zero-order chi connectivity index (χ0) is 13.1. The van der Waals surface area contributed by atoms with Crippen molar-refractivity contribution < 1.29 is 0 Å². The van der Waals surface area contributed by atoms with Crippen LogP contribution in [0.15, 0.2) is 30.9 Å². The molecule has 1 unspecified atom stereocenters. The third-order valence-corrected chi connectivity index (χ3v) is 3.87. The highest BCUT2D eigenvalue weighted by atomic mass is 35.5. The second-order valence-corrected chi connectivity index (χ2v) is 5.38. The van der Waals surface area contributed by atoms with Gasteiger partial charge in [-0.1, -0.05) is 24.1 Å². The second-order valence-electron chi connectivity index (χ2n) is 4.98. The number of rotatable bonds is 3. The maximum absolute atomic E-state index is 6.33. The number of nitrogens with zero attached hydrogens (tertiary/aromatic N) is 3. The standard InChI is InChI=1S/C14H17ClN4/c15-13-8-11(7-12-3-1-2-6-17-12)4-5-14(13)19-10-16-9-18-19/h4-5,8-10,12,17H,1-3,6-7H2. The zero-order valence-electron chi connectivity index (χ0n) is 10.7. The Hall–Kier alpha value is -1.39. The SMILES string of the molecule is Clc1cc(CC2CCCCN2)ccc1-n1cncn1. The molecular weight excluding hydrogens is 260 g/mol. The average molecular weight is 277 g/mol. The summed E-state index contributed by atoms with van der Waals surface area (Å²) in [5.41, 5.74) is 2.15. The topological polar surface area (TPSA) is 42.7 Å². The Balaban J connectivity index is 1.75. The lowest BCUT2D eigenvalue weighted by Gasteiger charge is -2.23. The van der Waals surface area contributed by atoms with Crippen molar-refractivity contribution in [3.63, 3.8) is 0 Å². The van der Waals surface area contributed by atoms with E-state index in [0.29, 0.717) is 6.04 Å². The third kappa shape index (κ3) is 2.96. The predicted molar refractivity (Wildman–Crippen MR) is 75.7 cm³/mol. The fourth-order valence-electron chi connectivity index (χ4n) is 2.58. The first kappa shape index (κ1) is 12.6. The summed E-state index contributed by atoms with van der Waals surface area (Å²) in [6.07, 6.45) is 8.07. The molecule has 0 bridgehead atoms. The molecule has 3 rings (SSSR count). The molecule has 1 N–H and O–H groups in total. The molecule has 2 aromatic rings. The van der Waals surface area contributed by atoms with Crippen molar-refractivity contribution >= 4 is 11.6 Å². The highest BCUT2D eigenvalue weighted by Gasteiger charge is 2.14. The van der Waals surface area contributed by atoms with Gasteiger partial charge in [0.25, 0.3) is 0 Å². The lowest BCUT2D eigenvalue weighted by Crippen LogP contribution is -2.35. The summed E-state index contributed by atoms with van der Waals surface area (Å²) in [5, 5.41) is 8.38. The fraction of sp³-hybridized carbons (Fsp3) is 0.429. The molecule has 5 heteroatoms. The summed E-state index contributed by atoms with van der Waals surface area (Å²) in [6, 6.07) is 6.76. The number of piperidine rings is 1. The van der Waals surface area contributed by atoms with Crippen LogP contribution in [0.25, 0.3) is 5.69 Å². The van der Waals surface area contributed by atoms with Gasteiger partial charge < -0.3 is 5.32 Å². The number of nitrogens with one attached hydrogen (secondary N) is 1. The third-order valence-electron chi connectivity index (χ3n) is 3.57. The van der Waals surface area contributed by atoms with Gasteiger partial charge in [0.2, 0.25) is 0 Å². The molecule has 2 heterocycles. The number of halogens is 1. The van der Waals surface area contributed by atoms with E-state index in [1.807, 2.05) is 12.1 Å². The average Bonchev–Trinajstić information content (AvgIpc) is 2.94. The quantitative estimate of drug-likeness (QED) is 0.937. The monoisotopic (exact) mass is 276 g/mol. The van der Waals surface area contributed by atoms with E-state index in [2.05, 4.69) is 21.5 Å². The molecule has 0 saturated carbocycles. The van der Waals surface area contributed by atoms with Gasteiger partial charge in [-0.2, -0.15) is 5.10 Å². The van der Waals surface area contributed by atoms with Crippen LogP contribution in [-0.4, -0.2) is 27.4 Å². The molecule has 100 valence electrons. The number of hydrogen-bond donors (Lipinski definition) is 1. The Morgan fingerprint density at radius 3 is 3.00 bits per heavy atom. The van der Waals surface area contributed by atoms with Crippen LogP contribution in [0.2, 0.25) is 5.02 Å². The first-order chi connectivity index (χ1) is 9.33. The molecule has 1 fully saturated rings.